The quantitative estimate of drug-likeness (QED) is 0.0189. The van der Waals surface area contributed by atoms with E-state index in [1.165, 1.54) is 44.9 Å². The van der Waals surface area contributed by atoms with Crippen molar-refractivity contribution >= 4 is 19.8 Å². The molecule has 0 aromatic carbocycles. The maximum absolute atomic E-state index is 12.4. The van der Waals surface area contributed by atoms with Crippen molar-refractivity contribution in [3.8, 4) is 0 Å². The van der Waals surface area contributed by atoms with E-state index in [0.29, 0.717) is 25.7 Å². The first-order chi connectivity index (χ1) is 25.7. The molecule has 53 heavy (non-hydrogen) atoms. The number of unbranched alkanes of at least 4 members (excludes halogenated alkanes) is 11. The molecule has 0 aliphatic heterocycles. The molecule has 0 aromatic rings. The van der Waals surface area contributed by atoms with E-state index in [9.17, 15) is 19.3 Å². The third-order valence-electron chi connectivity index (χ3n) is 7.99. The molecule has 302 valence electrons. The van der Waals surface area contributed by atoms with Gasteiger partial charge in [-0.2, -0.15) is 0 Å². The zero-order chi connectivity index (χ0) is 39.1. The van der Waals surface area contributed by atoms with Crippen LogP contribution in [0.2, 0.25) is 0 Å². The number of hydrogen-bond acceptors (Lipinski definition) is 7. The number of rotatable bonds is 35. The number of esters is 2. The fraction of sp³-hybridized carbons (Fsp3) is 0.628. The largest absolute Gasteiger partial charge is 0.469 e. The number of aliphatic hydroxyl groups excluding tert-OH is 1. The van der Waals surface area contributed by atoms with Crippen LogP contribution in [0.5, 0.6) is 0 Å². The van der Waals surface area contributed by atoms with E-state index < -0.39 is 38.6 Å². The van der Waals surface area contributed by atoms with E-state index in [1.807, 2.05) is 48.6 Å². The molecule has 0 rings (SSSR count). The molecule has 0 heterocycles. The van der Waals surface area contributed by atoms with Crippen LogP contribution in [0.3, 0.4) is 0 Å². The van der Waals surface area contributed by atoms with E-state index >= 15 is 0 Å². The Hall–Kier alpha value is -2.81. The predicted octanol–water partition coefficient (Wildman–Crippen LogP) is 11.0. The molecule has 0 aliphatic rings. The Bertz CT molecular complexity index is 1150. The number of phosphoric ester groups is 1. The summed E-state index contributed by atoms with van der Waals surface area (Å²) in [7, 11) is -4.79. The molecular weight excluding hydrogens is 691 g/mol. The van der Waals surface area contributed by atoms with Gasteiger partial charge in [-0.3, -0.25) is 14.1 Å². The Morgan fingerprint density at radius 1 is 0.604 bits per heavy atom. The summed E-state index contributed by atoms with van der Waals surface area (Å²) >= 11 is 0. The van der Waals surface area contributed by atoms with Crippen molar-refractivity contribution in [3.63, 3.8) is 0 Å². The van der Waals surface area contributed by atoms with Crippen molar-refractivity contribution in [2.75, 3.05) is 13.2 Å². The highest BCUT2D eigenvalue weighted by Crippen LogP contribution is 2.35. The summed E-state index contributed by atoms with van der Waals surface area (Å²) in [5.41, 5.74) is 0. The zero-order valence-electron chi connectivity index (χ0n) is 32.7. The summed E-state index contributed by atoms with van der Waals surface area (Å²) < 4.78 is 26.2. The smallest absolute Gasteiger partial charge is 0.462 e. The SMILES string of the molecule is CC/C=C\C/C=C\CC(O)/C=C/C=C\C/C=C\C/C=C\CCC(=O)O[C@H](COC(=O)CCCCCCC/C=C\CCCCCCCC)COP(=O)(O)O. The Kier molecular flexibility index (Phi) is 35.5. The molecule has 0 saturated heterocycles. The summed E-state index contributed by atoms with van der Waals surface area (Å²) in [6.45, 7) is 3.41. The molecule has 0 amide bonds. The summed E-state index contributed by atoms with van der Waals surface area (Å²) in [4.78, 5) is 42.7. The zero-order valence-corrected chi connectivity index (χ0v) is 33.6. The summed E-state index contributed by atoms with van der Waals surface area (Å²) in [6.07, 6.45) is 46.3. The average molecular weight is 763 g/mol. The van der Waals surface area contributed by atoms with Crippen LogP contribution >= 0.6 is 7.82 Å². The van der Waals surface area contributed by atoms with Crippen molar-refractivity contribution in [3.05, 3.63) is 85.1 Å². The third-order valence-corrected chi connectivity index (χ3v) is 8.48. The lowest BCUT2D eigenvalue weighted by atomic mass is 10.1. The first-order valence-electron chi connectivity index (χ1n) is 20.0. The number of phosphoric acid groups is 1. The van der Waals surface area contributed by atoms with E-state index in [2.05, 4.69) is 48.8 Å². The van der Waals surface area contributed by atoms with Crippen molar-refractivity contribution in [1.82, 2.24) is 0 Å². The van der Waals surface area contributed by atoms with Crippen LogP contribution in [-0.4, -0.2) is 52.3 Å². The van der Waals surface area contributed by atoms with Crippen LogP contribution in [-0.2, 0) is 28.2 Å². The molecule has 9 nitrogen and oxygen atoms in total. The van der Waals surface area contributed by atoms with Crippen LogP contribution in [0.25, 0.3) is 0 Å². The first-order valence-corrected chi connectivity index (χ1v) is 21.5. The van der Waals surface area contributed by atoms with E-state index in [4.69, 9.17) is 19.3 Å². The first kappa shape index (κ1) is 50.2. The molecular formula is C43H71O9P. The number of carbonyl (C=O) groups is 2. The van der Waals surface area contributed by atoms with Gasteiger partial charge in [-0.1, -0.05) is 150 Å². The van der Waals surface area contributed by atoms with E-state index in [1.54, 1.807) is 6.08 Å². The van der Waals surface area contributed by atoms with Gasteiger partial charge < -0.3 is 24.4 Å². The Labute approximate surface area is 321 Å². The highest BCUT2D eigenvalue weighted by atomic mass is 31.2. The summed E-state index contributed by atoms with van der Waals surface area (Å²) in [5.74, 6) is -1.03. The number of ether oxygens (including phenoxy) is 2. The normalized spacial score (nSPS) is 14.0. The van der Waals surface area contributed by atoms with Crippen molar-refractivity contribution < 1.29 is 43.0 Å². The van der Waals surface area contributed by atoms with Gasteiger partial charge in [0.15, 0.2) is 6.10 Å². The molecule has 10 heteroatoms. The molecule has 0 fully saturated rings. The summed E-state index contributed by atoms with van der Waals surface area (Å²) in [5, 5.41) is 9.97. The maximum Gasteiger partial charge on any atom is 0.469 e. The second kappa shape index (κ2) is 37.5. The molecule has 0 aliphatic carbocycles. The monoisotopic (exact) mass is 762 g/mol. The summed E-state index contributed by atoms with van der Waals surface area (Å²) in [6, 6.07) is 0. The molecule has 0 aromatic heterocycles. The highest BCUT2D eigenvalue weighted by Gasteiger charge is 2.22. The minimum absolute atomic E-state index is 0.0576. The highest BCUT2D eigenvalue weighted by molar-refractivity contribution is 7.46. The van der Waals surface area contributed by atoms with Gasteiger partial charge in [-0.05, 0) is 70.6 Å². The number of aliphatic hydroxyl groups is 1. The molecule has 1 unspecified atom stereocenters. The van der Waals surface area contributed by atoms with E-state index in [0.717, 1.165) is 51.4 Å². The lowest BCUT2D eigenvalue weighted by Crippen LogP contribution is -2.29. The Morgan fingerprint density at radius 2 is 1.17 bits per heavy atom. The van der Waals surface area contributed by atoms with Gasteiger partial charge >= 0.3 is 19.8 Å². The minimum atomic E-state index is -4.79. The lowest BCUT2D eigenvalue weighted by molar-refractivity contribution is -0.161. The number of carbonyl (C=O) groups excluding carboxylic acids is 2. The van der Waals surface area contributed by atoms with Gasteiger partial charge in [-0.25, -0.2) is 4.57 Å². The fourth-order valence-electron chi connectivity index (χ4n) is 5.01. The van der Waals surface area contributed by atoms with Crippen LogP contribution in [0, 0.1) is 0 Å². The topological polar surface area (TPSA) is 140 Å². The predicted molar refractivity (Wildman–Crippen MR) is 217 cm³/mol. The second-order valence-corrected chi connectivity index (χ2v) is 14.3. The van der Waals surface area contributed by atoms with Gasteiger partial charge in [0.25, 0.3) is 0 Å². The molecule has 0 radical (unpaired) electrons. The lowest BCUT2D eigenvalue weighted by Gasteiger charge is -2.18. The average Bonchev–Trinajstić information content (AvgIpc) is 3.12. The Morgan fingerprint density at radius 3 is 1.83 bits per heavy atom. The van der Waals surface area contributed by atoms with Gasteiger partial charge in [0.05, 0.1) is 12.7 Å². The number of allylic oxidation sites excluding steroid dienone is 12. The molecule has 0 bridgehead atoms. The molecule has 0 saturated carbocycles. The minimum Gasteiger partial charge on any atom is -0.462 e. The van der Waals surface area contributed by atoms with Crippen LogP contribution in [0.4, 0.5) is 0 Å². The van der Waals surface area contributed by atoms with E-state index in [-0.39, 0.29) is 19.4 Å². The van der Waals surface area contributed by atoms with Gasteiger partial charge in [0.2, 0.25) is 0 Å². The molecule has 3 N–H and O–H groups in total. The van der Waals surface area contributed by atoms with Crippen LogP contribution in [0.15, 0.2) is 85.1 Å². The fourth-order valence-corrected chi connectivity index (χ4v) is 5.37. The van der Waals surface area contributed by atoms with Crippen LogP contribution < -0.4 is 0 Å². The second-order valence-electron chi connectivity index (χ2n) is 13.1. The number of hydrogen-bond donors (Lipinski definition) is 3. The standard InChI is InChI=1S/C43H71O9P/c1-3-5-7-9-11-12-13-14-15-16-17-21-24-28-32-36-42(45)50-38-41(39-51-53(47,48)49)52-43(46)37-33-29-25-22-19-18-20-23-27-31-35-40(44)34-30-26-10-8-6-4-2/h6,8,14-15,18-19,23,25-27,29-31,35,40-41,44H,3-5,7,9-13,16-17,20-22,24,28,32-34,36-39H2,1-2H3,(H2,47,48,49)/b8-6-,15-14-,19-18-,27-23-,29-25-,30-26-,35-31+/t40?,41-/m1/s1. The third kappa shape index (κ3) is 40.2. The molecule has 2 atom stereocenters. The van der Waals surface area contributed by atoms with Gasteiger partial charge in [0.1, 0.15) is 6.61 Å². The van der Waals surface area contributed by atoms with Crippen LogP contribution in [0.1, 0.15) is 149 Å². The Balaban J connectivity index is 4.18. The van der Waals surface area contributed by atoms with Crippen molar-refractivity contribution in [2.24, 2.45) is 0 Å². The van der Waals surface area contributed by atoms with Crippen molar-refractivity contribution in [1.29, 1.82) is 0 Å². The maximum atomic E-state index is 12.4. The molecule has 0 spiro atoms. The van der Waals surface area contributed by atoms with Gasteiger partial charge in [0, 0.05) is 12.8 Å². The van der Waals surface area contributed by atoms with Crippen molar-refractivity contribution in [2.45, 2.75) is 161 Å². The van der Waals surface area contributed by atoms with Gasteiger partial charge in [-0.15, -0.1) is 0 Å².